The van der Waals surface area contributed by atoms with Crippen molar-refractivity contribution in [1.82, 2.24) is 24.4 Å². The number of nitrogens with zero attached hydrogens (tertiary/aromatic N) is 6. The normalized spacial score (nSPS) is 23.3. The molecule has 0 saturated carbocycles. The summed E-state index contributed by atoms with van der Waals surface area (Å²) in [6, 6.07) is 5.88. The molecule has 3 aliphatic rings. The van der Waals surface area contributed by atoms with Gasteiger partial charge in [0.15, 0.2) is 0 Å². The van der Waals surface area contributed by atoms with Crippen LogP contribution in [0.4, 0.5) is 11.9 Å². The summed E-state index contributed by atoms with van der Waals surface area (Å²) in [6.07, 6.45) is 1.09. The predicted molar refractivity (Wildman–Crippen MR) is 116 cm³/mol. The Balaban J connectivity index is 1.31. The molecule has 31 heavy (non-hydrogen) atoms. The summed E-state index contributed by atoms with van der Waals surface area (Å²) >= 11 is 0. The summed E-state index contributed by atoms with van der Waals surface area (Å²) in [5.74, 6) is 1.85. The molecule has 5 heterocycles. The fraction of sp³-hybridized carbons (Fsp3) is 0.619. The summed E-state index contributed by atoms with van der Waals surface area (Å²) in [7, 11) is 1.57. The fourth-order valence-electron chi connectivity index (χ4n) is 4.87. The molecular weight excluding hydrogens is 398 g/mol. The second-order valence-electron chi connectivity index (χ2n) is 8.43. The number of hydrogen-bond acceptors (Lipinski definition) is 9. The maximum atomic E-state index is 12.3. The van der Waals surface area contributed by atoms with Crippen LogP contribution in [0.5, 0.6) is 6.01 Å². The average Bonchev–Trinajstić information content (AvgIpc) is 2.80. The molecule has 0 unspecified atom stereocenters. The van der Waals surface area contributed by atoms with Crippen LogP contribution < -0.4 is 20.5 Å². The van der Waals surface area contributed by atoms with Crippen LogP contribution in [0.25, 0.3) is 0 Å². The minimum atomic E-state index is 0.0919. The number of anilines is 2. The Morgan fingerprint density at radius 3 is 2.87 bits per heavy atom. The Morgan fingerprint density at radius 2 is 2.03 bits per heavy atom. The van der Waals surface area contributed by atoms with Gasteiger partial charge in [-0.25, -0.2) is 0 Å². The topological polar surface area (TPSA) is 97.6 Å². The van der Waals surface area contributed by atoms with Crippen LogP contribution in [-0.2, 0) is 11.3 Å². The van der Waals surface area contributed by atoms with Gasteiger partial charge in [0.2, 0.25) is 11.9 Å². The van der Waals surface area contributed by atoms with E-state index in [1.54, 1.807) is 13.2 Å². The third-order valence-corrected chi connectivity index (χ3v) is 6.36. The highest BCUT2D eigenvalue weighted by molar-refractivity contribution is 5.40. The number of ether oxygens (including phenoxy) is 2. The van der Waals surface area contributed by atoms with Gasteiger partial charge in [-0.05, 0) is 18.4 Å². The lowest BCUT2D eigenvalue weighted by Gasteiger charge is -2.42. The minimum Gasteiger partial charge on any atom is -0.467 e. The number of rotatable bonds is 6. The number of hydrogen-bond donors (Lipinski definition) is 1. The first-order valence-electron chi connectivity index (χ1n) is 11.0. The Hall–Kier alpha value is -2.72. The van der Waals surface area contributed by atoms with Crippen LogP contribution in [-0.4, -0.2) is 84.0 Å². The van der Waals surface area contributed by atoms with Gasteiger partial charge in [0.05, 0.1) is 20.3 Å². The summed E-state index contributed by atoms with van der Waals surface area (Å²) < 4.78 is 12.7. The van der Waals surface area contributed by atoms with Crippen molar-refractivity contribution in [3.05, 3.63) is 34.2 Å². The summed E-state index contributed by atoms with van der Waals surface area (Å²) in [4.78, 5) is 30.4. The predicted octanol–water partition coefficient (Wildman–Crippen LogP) is 0.410. The van der Waals surface area contributed by atoms with E-state index in [-0.39, 0.29) is 5.56 Å². The van der Waals surface area contributed by atoms with Gasteiger partial charge >= 0.3 is 6.01 Å². The zero-order valence-electron chi connectivity index (χ0n) is 17.9. The first kappa shape index (κ1) is 20.2. The Bertz CT molecular complexity index is 976. The zero-order chi connectivity index (χ0) is 21.2. The zero-order valence-corrected chi connectivity index (χ0v) is 17.9. The van der Waals surface area contributed by atoms with Gasteiger partial charge in [0, 0.05) is 63.5 Å². The SMILES string of the molecule is COc1nc(NCCN2CCOCC2)nc(N2C[C@@H]3C[C@@H](C2)c2cccc(=O)n2C3)n1. The van der Waals surface area contributed by atoms with Crippen LogP contribution >= 0.6 is 0 Å². The first-order valence-corrected chi connectivity index (χ1v) is 11.0. The highest BCUT2D eigenvalue weighted by Crippen LogP contribution is 2.36. The van der Waals surface area contributed by atoms with E-state index in [9.17, 15) is 4.79 Å². The van der Waals surface area contributed by atoms with Gasteiger partial charge in [-0.3, -0.25) is 9.69 Å². The van der Waals surface area contributed by atoms with Gasteiger partial charge < -0.3 is 24.3 Å². The van der Waals surface area contributed by atoms with Crippen molar-refractivity contribution in [2.75, 3.05) is 69.8 Å². The molecule has 2 fully saturated rings. The van der Waals surface area contributed by atoms with Gasteiger partial charge in [-0.1, -0.05) is 6.07 Å². The van der Waals surface area contributed by atoms with Crippen LogP contribution in [0, 0.1) is 5.92 Å². The van der Waals surface area contributed by atoms with E-state index in [1.807, 2.05) is 10.6 Å². The quantitative estimate of drug-likeness (QED) is 0.703. The van der Waals surface area contributed by atoms with Crippen molar-refractivity contribution in [3.8, 4) is 6.01 Å². The molecule has 10 nitrogen and oxygen atoms in total. The van der Waals surface area contributed by atoms with Gasteiger partial charge in [-0.2, -0.15) is 15.0 Å². The molecular formula is C21H29N7O3. The maximum absolute atomic E-state index is 12.3. The van der Waals surface area contributed by atoms with E-state index in [0.717, 1.165) is 71.1 Å². The van der Waals surface area contributed by atoms with Crippen molar-refractivity contribution < 1.29 is 9.47 Å². The molecule has 3 aliphatic heterocycles. The van der Waals surface area contributed by atoms with E-state index in [2.05, 4.69) is 36.1 Å². The fourth-order valence-corrected chi connectivity index (χ4v) is 4.87. The van der Waals surface area contributed by atoms with E-state index in [4.69, 9.17) is 9.47 Å². The largest absolute Gasteiger partial charge is 0.467 e. The highest BCUT2D eigenvalue weighted by Gasteiger charge is 2.35. The van der Waals surface area contributed by atoms with Crippen molar-refractivity contribution in [3.63, 3.8) is 0 Å². The first-order chi connectivity index (χ1) is 15.2. The molecule has 0 aromatic carbocycles. The van der Waals surface area contributed by atoms with Gasteiger partial charge in [0.1, 0.15) is 0 Å². The molecule has 2 saturated heterocycles. The molecule has 2 atom stereocenters. The van der Waals surface area contributed by atoms with Gasteiger partial charge in [0.25, 0.3) is 5.56 Å². The van der Waals surface area contributed by atoms with Crippen molar-refractivity contribution in [2.45, 2.75) is 18.9 Å². The number of nitrogens with one attached hydrogen (secondary N) is 1. The lowest BCUT2D eigenvalue weighted by Crippen LogP contribution is -2.47. The molecule has 166 valence electrons. The summed E-state index contributed by atoms with van der Waals surface area (Å²) in [5, 5.41) is 3.32. The van der Waals surface area contributed by atoms with Crippen LogP contribution in [0.3, 0.4) is 0 Å². The number of methoxy groups -OCH3 is 1. The number of piperidine rings is 1. The summed E-state index contributed by atoms with van der Waals surface area (Å²) in [6.45, 7) is 7.48. The van der Waals surface area contributed by atoms with Crippen LogP contribution in [0.15, 0.2) is 23.0 Å². The standard InChI is InChI=1S/C21H29N7O3/c1-30-21-24-19(22-5-6-26-7-9-31-10-8-26)23-20(25-21)27-12-15-11-16(14-27)17-3-2-4-18(29)28(17)13-15/h2-4,15-16H,5-14H2,1H3,(H,22,23,24,25)/t15-,16-/m0/s1. The lowest BCUT2D eigenvalue weighted by atomic mass is 9.83. The van der Waals surface area contributed by atoms with Crippen molar-refractivity contribution in [1.29, 1.82) is 0 Å². The molecule has 0 radical (unpaired) electrons. The Morgan fingerprint density at radius 1 is 1.16 bits per heavy atom. The maximum Gasteiger partial charge on any atom is 0.322 e. The van der Waals surface area contributed by atoms with Crippen LogP contribution in [0.2, 0.25) is 0 Å². The second kappa shape index (κ2) is 8.80. The molecule has 10 heteroatoms. The monoisotopic (exact) mass is 427 g/mol. The van der Waals surface area contributed by atoms with E-state index in [1.165, 1.54) is 0 Å². The Kier molecular flexibility index (Phi) is 5.73. The van der Waals surface area contributed by atoms with E-state index < -0.39 is 0 Å². The Labute approximate surface area is 181 Å². The third kappa shape index (κ3) is 4.35. The second-order valence-corrected chi connectivity index (χ2v) is 8.43. The molecule has 2 bridgehead atoms. The molecule has 5 rings (SSSR count). The van der Waals surface area contributed by atoms with Crippen molar-refractivity contribution >= 4 is 11.9 Å². The molecule has 1 N–H and O–H groups in total. The minimum absolute atomic E-state index is 0.0919. The third-order valence-electron chi connectivity index (χ3n) is 6.36. The molecule has 0 amide bonds. The van der Waals surface area contributed by atoms with Crippen LogP contribution in [0.1, 0.15) is 18.0 Å². The highest BCUT2D eigenvalue weighted by atomic mass is 16.5. The number of aromatic nitrogens is 4. The number of fused-ring (bicyclic) bond motifs is 4. The number of morpholine rings is 1. The molecule has 0 aliphatic carbocycles. The van der Waals surface area contributed by atoms with E-state index in [0.29, 0.717) is 29.7 Å². The lowest BCUT2D eigenvalue weighted by molar-refractivity contribution is 0.0398. The summed E-state index contributed by atoms with van der Waals surface area (Å²) in [5.41, 5.74) is 1.20. The van der Waals surface area contributed by atoms with Gasteiger partial charge in [-0.15, -0.1) is 0 Å². The number of pyridine rings is 1. The average molecular weight is 428 g/mol. The molecule has 2 aromatic rings. The van der Waals surface area contributed by atoms with Crippen molar-refractivity contribution in [2.24, 2.45) is 5.92 Å². The molecule has 2 aromatic heterocycles. The smallest absolute Gasteiger partial charge is 0.322 e. The van der Waals surface area contributed by atoms with E-state index >= 15 is 0 Å². The molecule has 0 spiro atoms.